The number of fused-ring (bicyclic) bond motifs is 1. The summed E-state index contributed by atoms with van der Waals surface area (Å²) in [6, 6.07) is 10.0. The second-order valence-electron chi connectivity index (χ2n) is 6.75. The van der Waals surface area contributed by atoms with E-state index in [1.807, 2.05) is 0 Å². The van der Waals surface area contributed by atoms with E-state index in [0.717, 1.165) is 6.54 Å². The van der Waals surface area contributed by atoms with Gasteiger partial charge in [-0.15, -0.1) is 0 Å². The lowest BCUT2D eigenvalue weighted by atomic mass is 9.99. The van der Waals surface area contributed by atoms with E-state index in [9.17, 15) is 0 Å². The quantitative estimate of drug-likeness (QED) is 0.917. The number of rotatable bonds is 4. The third-order valence-corrected chi connectivity index (χ3v) is 5.91. The second-order valence-corrected chi connectivity index (χ2v) is 7.90. The van der Waals surface area contributed by atoms with Gasteiger partial charge < -0.3 is 10.2 Å². The van der Waals surface area contributed by atoms with Gasteiger partial charge in [0.2, 0.25) is 0 Å². The van der Waals surface area contributed by atoms with Gasteiger partial charge in [0, 0.05) is 50.6 Å². The van der Waals surface area contributed by atoms with Crippen molar-refractivity contribution in [3.8, 4) is 0 Å². The Morgan fingerprint density at radius 2 is 2.00 bits per heavy atom. The van der Waals surface area contributed by atoms with Crippen LogP contribution in [0.15, 0.2) is 24.3 Å². The number of likely N-dealkylation sites (N-methyl/N-ethyl adjacent to an activating group) is 1. The van der Waals surface area contributed by atoms with Crippen LogP contribution in [0.1, 0.15) is 24.1 Å². The molecule has 1 saturated heterocycles. The van der Waals surface area contributed by atoms with Gasteiger partial charge in [-0.25, -0.2) is 0 Å². The third-order valence-electron chi connectivity index (χ3n) is 4.84. The highest BCUT2D eigenvalue weighted by atomic mass is 32.2. The maximum atomic E-state index is 3.90. The minimum Gasteiger partial charge on any atom is -0.305 e. The molecule has 2 heterocycles. The summed E-state index contributed by atoms with van der Waals surface area (Å²) in [4.78, 5) is 5.03. The van der Waals surface area contributed by atoms with Crippen LogP contribution in [0.5, 0.6) is 0 Å². The van der Waals surface area contributed by atoms with E-state index in [4.69, 9.17) is 0 Å². The van der Waals surface area contributed by atoms with Gasteiger partial charge in [0.15, 0.2) is 0 Å². The van der Waals surface area contributed by atoms with E-state index >= 15 is 0 Å². The molecule has 22 heavy (non-hydrogen) atoms. The first-order valence-corrected chi connectivity index (χ1v) is 9.70. The molecular weight excluding hydrogens is 290 g/mol. The molecule has 1 N–H and O–H groups in total. The second kappa shape index (κ2) is 7.82. The fourth-order valence-electron chi connectivity index (χ4n) is 3.53. The first kappa shape index (κ1) is 16.3. The van der Waals surface area contributed by atoms with E-state index in [-0.39, 0.29) is 0 Å². The van der Waals surface area contributed by atoms with Crippen molar-refractivity contribution < 1.29 is 0 Å². The van der Waals surface area contributed by atoms with Gasteiger partial charge in [0.05, 0.1) is 0 Å². The number of thioether (sulfide) groups is 1. The van der Waals surface area contributed by atoms with Crippen molar-refractivity contribution in [3.63, 3.8) is 0 Å². The van der Waals surface area contributed by atoms with Crippen molar-refractivity contribution in [2.24, 2.45) is 0 Å². The molecule has 1 aromatic carbocycles. The van der Waals surface area contributed by atoms with Gasteiger partial charge in [-0.3, -0.25) is 4.90 Å². The predicted octanol–water partition coefficient (Wildman–Crippen LogP) is 2.24. The topological polar surface area (TPSA) is 18.5 Å². The molecule has 0 spiro atoms. The first-order valence-electron chi connectivity index (χ1n) is 8.55. The molecule has 3 rings (SSSR count). The van der Waals surface area contributed by atoms with Gasteiger partial charge in [0.1, 0.15) is 0 Å². The molecule has 2 atom stereocenters. The van der Waals surface area contributed by atoms with Crippen molar-refractivity contribution in [1.29, 1.82) is 0 Å². The Morgan fingerprint density at radius 1 is 1.23 bits per heavy atom. The molecule has 2 aliphatic heterocycles. The molecule has 0 aliphatic carbocycles. The molecule has 1 aromatic rings. The standard InChI is InChI=1S/C18H29N3S/c1-15(13-21-10-8-20(2)9-11-21)19-18-14-22-12-7-16-5-3-4-6-17(16)18/h3-6,15,18-19H,7-14H2,1-2H3/t15-,18-/m0/s1. The van der Waals surface area contributed by atoms with Gasteiger partial charge in [0.25, 0.3) is 0 Å². The average Bonchev–Trinajstić information content (AvgIpc) is 2.72. The number of benzene rings is 1. The van der Waals surface area contributed by atoms with Gasteiger partial charge in [-0.05, 0) is 37.3 Å². The molecule has 1 fully saturated rings. The molecule has 122 valence electrons. The molecule has 0 bridgehead atoms. The summed E-state index contributed by atoms with van der Waals surface area (Å²) in [6.45, 7) is 8.33. The van der Waals surface area contributed by atoms with Crippen LogP contribution < -0.4 is 5.32 Å². The van der Waals surface area contributed by atoms with Gasteiger partial charge in [-0.2, -0.15) is 11.8 Å². The van der Waals surface area contributed by atoms with Crippen molar-refractivity contribution in [3.05, 3.63) is 35.4 Å². The molecular formula is C18H29N3S. The largest absolute Gasteiger partial charge is 0.305 e. The fourth-order valence-corrected chi connectivity index (χ4v) is 4.57. The van der Waals surface area contributed by atoms with E-state index in [0.29, 0.717) is 12.1 Å². The van der Waals surface area contributed by atoms with Crippen LogP contribution in [0.3, 0.4) is 0 Å². The smallest absolute Gasteiger partial charge is 0.0417 e. The van der Waals surface area contributed by atoms with Crippen LogP contribution in [0, 0.1) is 0 Å². The van der Waals surface area contributed by atoms with Crippen LogP contribution in [0.4, 0.5) is 0 Å². The first-order chi connectivity index (χ1) is 10.7. The van der Waals surface area contributed by atoms with E-state index in [1.54, 1.807) is 0 Å². The maximum absolute atomic E-state index is 3.90. The molecule has 4 heteroatoms. The molecule has 0 saturated carbocycles. The van der Waals surface area contributed by atoms with Gasteiger partial charge in [-0.1, -0.05) is 24.3 Å². The molecule has 0 amide bonds. The van der Waals surface area contributed by atoms with E-state index < -0.39 is 0 Å². The number of hydrogen-bond donors (Lipinski definition) is 1. The Hall–Kier alpha value is -0.550. The number of nitrogens with zero attached hydrogens (tertiary/aromatic N) is 2. The van der Waals surface area contributed by atoms with Crippen molar-refractivity contribution >= 4 is 11.8 Å². The van der Waals surface area contributed by atoms with Crippen molar-refractivity contribution in [2.75, 3.05) is 51.3 Å². The Labute approximate surface area is 139 Å². The van der Waals surface area contributed by atoms with E-state index in [1.165, 1.54) is 55.2 Å². The van der Waals surface area contributed by atoms with E-state index in [2.05, 4.69) is 65.1 Å². The van der Waals surface area contributed by atoms with Crippen molar-refractivity contribution in [2.45, 2.75) is 25.4 Å². The molecule has 2 aliphatic rings. The summed E-state index contributed by atoms with van der Waals surface area (Å²) in [7, 11) is 2.22. The highest BCUT2D eigenvalue weighted by molar-refractivity contribution is 7.99. The summed E-state index contributed by atoms with van der Waals surface area (Å²) in [6.07, 6.45) is 1.21. The van der Waals surface area contributed by atoms with Crippen molar-refractivity contribution in [1.82, 2.24) is 15.1 Å². The highest BCUT2D eigenvalue weighted by Crippen LogP contribution is 2.27. The van der Waals surface area contributed by atoms with Crippen LogP contribution in [-0.2, 0) is 6.42 Å². The zero-order valence-corrected chi connectivity index (χ0v) is 14.7. The monoisotopic (exact) mass is 319 g/mol. The zero-order valence-electron chi connectivity index (χ0n) is 13.9. The Balaban J connectivity index is 1.58. The minimum absolute atomic E-state index is 0.506. The average molecular weight is 320 g/mol. The summed E-state index contributed by atoms with van der Waals surface area (Å²) in [5, 5.41) is 3.90. The SMILES string of the molecule is C[C@@H](CN1CCN(C)CC1)N[C@H]1CSCCc2ccccc21. The summed E-state index contributed by atoms with van der Waals surface area (Å²) < 4.78 is 0. The molecule has 3 nitrogen and oxygen atoms in total. The normalized spacial score (nSPS) is 25.5. The lowest BCUT2D eigenvalue weighted by Gasteiger charge is -2.35. The number of aryl methyl sites for hydroxylation is 1. The molecule has 0 unspecified atom stereocenters. The summed E-state index contributed by atoms with van der Waals surface area (Å²) in [5.74, 6) is 2.45. The molecule has 0 radical (unpaired) electrons. The van der Waals surface area contributed by atoms with Crippen LogP contribution in [-0.4, -0.2) is 67.1 Å². The number of piperazine rings is 1. The summed E-state index contributed by atoms with van der Waals surface area (Å²) in [5.41, 5.74) is 3.06. The van der Waals surface area contributed by atoms with Crippen LogP contribution >= 0.6 is 11.8 Å². The number of nitrogens with one attached hydrogen (secondary N) is 1. The Morgan fingerprint density at radius 3 is 2.82 bits per heavy atom. The van der Waals surface area contributed by atoms with Crippen LogP contribution in [0.25, 0.3) is 0 Å². The Kier molecular flexibility index (Phi) is 5.80. The van der Waals surface area contributed by atoms with Crippen LogP contribution in [0.2, 0.25) is 0 Å². The lowest BCUT2D eigenvalue weighted by molar-refractivity contribution is 0.142. The zero-order chi connectivity index (χ0) is 15.4. The van der Waals surface area contributed by atoms with Gasteiger partial charge >= 0.3 is 0 Å². The summed E-state index contributed by atoms with van der Waals surface area (Å²) >= 11 is 2.09. The highest BCUT2D eigenvalue weighted by Gasteiger charge is 2.22. The minimum atomic E-state index is 0.506. The molecule has 0 aromatic heterocycles. The lowest BCUT2D eigenvalue weighted by Crippen LogP contribution is -2.49. The predicted molar refractivity (Wildman–Crippen MR) is 96.7 cm³/mol. The Bertz CT molecular complexity index is 471. The maximum Gasteiger partial charge on any atom is 0.0417 e. The fraction of sp³-hybridized carbons (Fsp3) is 0.667. The number of hydrogen-bond acceptors (Lipinski definition) is 4. The third kappa shape index (κ3) is 4.25.